The van der Waals surface area contributed by atoms with Gasteiger partial charge in [-0.15, -0.1) is 0 Å². The van der Waals surface area contributed by atoms with Crippen LogP contribution in [0.2, 0.25) is 0 Å². The highest BCUT2D eigenvalue weighted by Crippen LogP contribution is 2.39. The highest BCUT2D eigenvalue weighted by atomic mass is 19.4. The van der Waals surface area contributed by atoms with E-state index in [1.54, 1.807) is 0 Å². The minimum atomic E-state index is -5.40. The summed E-state index contributed by atoms with van der Waals surface area (Å²) in [7, 11) is 0. The van der Waals surface area contributed by atoms with Gasteiger partial charge in [-0.05, 0) is 32.2 Å². The molecule has 1 aliphatic heterocycles. The van der Waals surface area contributed by atoms with Gasteiger partial charge in [-0.2, -0.15) is 22.0 Å². The Morgan fingerprint density at radius 1 is 0.944 bits per heavy atom. The molecule has 0 bridgehead atoms. The van der Waals surface area contributed by atoms with Crippen molar-refractivity contribution in [1.29, 1.82) is 0 Å². The third-order valence-corrected chi connectivity index (χ3v) is 3.37. The predicted octanol–water partition coefficient (Wildman–Crippen LogP) is 4.28. The zero-order valence-electron chi connectivity index (χ0n) is 10.3. The van der Waals surface area contributed by atoms with E-state index in [1.165, 1.54) is 6.42 Å². The van der Waals surface area contributed by atoms with Crippen LogP contribution >= 0.6 is 0 Å². The van der Waals surface area contributed by atoms with Gasteiger partial charge in [-0.3, -0.25) is 0 Å². The Hall–Kier alpha value is -0.390. The van der Waals surface area contributed by atoms with E-state index in [9.17, 15) is 22.0 Å². The van der Waals surface area contributed by atoms with Crippen molar-refractivity contribution in [3.8, 4) is 0 Å². The summed E-state index contributed by atoms with van der Waals surface area (Å²) in [6.07, 6.45) is -1.17. The quantitative estimate of drug-likeness (QED) is 0.539. The summed E-state index contributed by atoms with van der Waals surface area (Å²) in [5.74, 6) is -4.53. The van der Waals surface area contributed by atoms with Crippen LogP contribution in [0.3, 0.4) is 0 Å². The van der Waals surface area contributed by atoms with Crippen LogP contribution in [0.5, 0.6) is 0 Å². The van der Waals surface area contributed by atoms with Crippen molar-refractivity contribution >= 4 is 0 Å². The lowest BCUT2D eigenvalue weighted by molar-refractivity contribution is -0.284. The monoisotopic (exact) mass is 273 g/mol. The zero-order valence-corrected chi connectivity index (χ0v) is 10.3. The molecule has 1 nitrogen and oxygen atoms in total. The van der Waals surface area contributed by atoms with Gasteiger partial charge in [0.1, 0.15) is 0 Å². The maximum absolute atomic E-state index is 12.6. The Balaban J connectivity index is 2.01. The molecule has 0 amide bonds. The fourth-order valence-electron chi connectivity index (χ4n) is 2.24. The van der Waals surface area contributed by atoms with Gasteiger partial charge >= 0.3 is 12.1 Å². The van der Waals surface area contributed by atoms with Gasteiger partial charge in [-0.1, -0.05) is 19.3 Å². The molecule has 0 aromatic rings. The molecule has 1 fully saturated rings. The molecule has 1 heterocycles. The Morgan fingerprint density at radius 2 is 1.61 bits per heavy atom. The first-order chi connectivity index (χ1) is 8.33. The summed E-state index contributed by atoms with van der Waals surface area (Å²) in [6, 6.07) is 0.515. The fourth-order valence-corrected chi connectivity index (χ4v) is 2.24. The van der Waals surface area contributed by atoms with E-state index in [-0.39, 0.29) is 6.42 Å². The lowest BCUT2D eigenvalue weighted by Crippen LogP contribution is -2.36. The van der Waals surface area contributed by atoms with Crippen molar-refractivity contribution < 1.29 is 22.0 Å². The molecular weight excluding hydrogens is 253 g/mol. The van der Waals surface area contributed by atoms with Gasteiger partial charge in [0.15, 0.2) is 0 Å². The van der Waals surface area contributed by atoms with Gasteiger partial charge in [0, 0.05) is 12.5 Å². The van der Waals surface area contributed by atoms with Gasteiger partial charge in [0.25, 0.3) is 0 Å². The average Bonchev–Trinajstić information content (AvgIpc) is 2.74. The molecule has 0 aromatic carbocycles. The molecule has 108 valence electrons. The van der Waals surface area contributed by atoms with Crippen LogP contribution in [0.25, 0.3) is 0 Å². The van der Waals surface area contributed by atoms with Crippen LogP contribution in [0.4, 0.5) is 22.0 Å². The molecular formula is C12H20F5N. The number of unbranched alkanes of at least 4 members (excludes halogenated alkanes) is 3. The van der Waals surface area contributed by atoms with Crippen molar-refractivity contribution in [2.24, 2.45) is 0 Å². The first kappa shape index (κ1) is 15.7. The molecule has 0 radical (unpaired) electrons. The second-order valence-corrected chi connectivity index (χ2v) is 4.95. The molecule has 0 aliphatic carbocycles. The summed E-state index contributed by atoms with van der Waals surface area (Å²) < 4.78 is 60.7. The smallest absolute Gasteiger partial charge is 0.314 e. The number of rotatable bonds is 7. The first-order valence-corrected chi connectivity index (χ1v) is 6.51. The molecule has 0 saturated carbocycles. The zero-order chi connectivity index (χ0) is 13.6. The van der Waals surface area contributed by atoms with Gasteiger partial charge in [0.05, 0.1) is 0 Å². The molecule has 0 aromatic heterocycles. The summed E-state index contributed by atoms with van der Waals surface area (Å²) in [5.41, 5.74) is 0. The van der Waals surface area contributed by atoms with Crippen LogP contribution < -0.4 is 5.32 Å². The average molecular weight is 273 g/mol. The van der Waals surface area contributed by atoms with E-state index in [1.807, 2.05) is 0 Å². The van der Waals surface area contributed by atoms with E-state index in [0.717, 1.165) is 32.2 Å². The Morgan fingerprint density at radius 3 is 2.17 bits per heavy atom. The number of nitrogens with one attached hydrogen (secondary N) is 1. The van der Waals surface area contributed by atoms with Crippen molar-refractivity contribution in [2.45, 2.75) is 69.5 Å². The van der Waals surface area contributed by atoms with Crippen LogP contribution in [-0.4, -0.2) is 24.7 Å². The van der Waals surface area contributed by atoms with Crippen molar-refractivity contribution in [1.82, 2.24) is 5.32 Å². The molecule has 1 saturated heterocycles. The van der Waals surface area contributed by atoms with E-state index in [4.69, 9.17) is 0 Å². The van der Waals surface area contributed by atoms with E-state index >= 15 is 0 Å². The molecule has 1 aliphatic rings. The maximum atomic E-state index is 12.6. The molecule has 18 heavy (non-hydrogen) atoms. The largest absolute Gasteiger partial charge is 0.453 e. The fraction of sp³-hybridized carbons (Fsp3) is 1.00. The minimum Gasteiger partial charge on any atom is -0.314 e. The van der Waals surface area contributed by atoms with Crippen LogP contribution in [0, 0.1) is 0 Å². The van der Waals surface area contributed by atoms with Gasteiger partial charge in [-0.25, -0.2) is 0 Å². The third kappa shape index (κ3) is 5.08. The molecule has 0 spiro atoms. The predicted molar refractivity (Wildman–Crippen MR) is 59.7 cm³/mol. The number of alkyl halides is 5. The number of hydrogen-bond donors (Lipinski definition) is 1. The molecule has 1 rings (SSSR count). The highest BCUT2D eigenvalue weighted by molar-refractivity contribution is 4.76. The van der Waals surface area contributed by atoms with Crippen LogP contribution in [0.15, 0.2) is 0 Å². The van der Waals surface area contributed by atoms with E-state index in [0.29, 0.717) is 12.5 Å². The van der Waals surface area contributed by atoms with Gasteiger partial charge in [0.2, 0.25) is 0 Å². The molecule has 1 N–H and O–H groups in total. The Bertz CT molecular complexity index is 233. The lowest BCUT2D eigenvalue weighted by Gasteiger charge is -2.19. The van der Waals surface area contributed by atoms with E-state index in [2.05, 4.69) is 5.32 Å². The van der Waals surface area contributed by atoms with Crippen LogP contribution in [-0.2, 0) is 0 Å². The molecule has 1 atom stereocenters. The number of hydrogen-bond acceptors (Lipinski definition) is 1. The van der Waals surface area contributed by atoms with Crippen molar-refractivity contribution in [2.75, 3.05) is 6.54 Å². The Labute approximate surface area is 104 Å². The second-order valence-electron chi connectivity index (χ2n) is 4.95. The highest BCUT2D eigenvalue weighted by Gasteiger charge is 2.56. The van der Waals surface area contributed by atoms with Gasteiger partial charge < -0.3 is 5.32 Å². The molecule has 0 unspecified atom stereocenters. The lowest BCUT2D eigenvalue weighted by atomic mass is 10.0. The minimum absolute atomic E-state index is 0.0649. The topological polar surface area (TPSA) is 12.0 Å². The maximum Gasteiger partial charge on any atom is 0.453 e. The normalized spacial score (nSPS) is 21.5. The number of halogens is 5. The first-order valence-electron chi connectivity index (χ1n) is 6.51. The Kier molecular flexibility index (Phi) is 5.82. The van der Waals surface area contributed by atoms with Crippen molar-refractivity contribution in [3.05, 3.63) is 0 Å². The standard InChI is InChI=1S/C12H20F5N/c13-11(14,12(15,16)17)8-4-2-1-3-6-10-7-5-9-18-10/h10,18H,1-9H2/t10-/m1/s1. The second kappa shape index (κ2) is 6.68. The van der Waals surface area contributed by atoms with Crippen molar-refractivity contribution in [3.63, 3.8) is 0 Å². The summed E-state index contributed by atoms with van der Waals surface area (Å²) in [4.78, 5) is 0. The van der Waals surface area contributed by atoms with Crippen LogP contribution in [0.1, 0.15) is 51.4 Å². The SMILES string of the molecule is FC(F)(F)C(F)(F)CCCCCC[C@@H]1CCCN1. The summed E-state index contributed by atoms with van der Waals surface area (Å²) in [6.45, 7) is 1.03. The molecule has 6 heteroatoms. The third-order valence-electron chi connectivity index (χ3n) is 3.37. The van der Waals surface area contributed by atoms with E-state index < -0.39 is 18.5 Å². The summed E-state index contributed by atoms with van der Waals surface area (Å²) in [5, 5.41) is 3.32. The summed E-state index contributed by atoms with van der Waals surface area (Å²) >= 11 is 0.